The lowest BCUT2D eigenvalue weighted by Gasteiger charge is -2.16. The van der Waals surface area contributed by atoms with Crippen molar-refractivity contribution in [3.05, 3.63) is 66.0 Å². The topological polar surface area (TPSA) is 73.1 Å². The van der Waals surface area contributed by atoms with Crippen molar-refractivity contribution in [3.8, 4) is 5.75 Å². The van der Waals surface area contributed by atoms with Crippen molar-refractivity contribution < 1.29 is 4.74 Å². The molecule has 1 heterocycles. The average Bonchev–Trinajstić information content (AvgIpc) is 2.56. The number of aromatic nitrogens is 2. The number of methoxy groups -OCH3 is 1. The summed E-state index contributed by atoms with van der Waals surface area (Å²) in [5.74, 6) is 6.51. The van der Waals surface area contributed by atoms with E-state index in [1.807, 2.05) is 48.5 Å². The summed E-state index contributed by atoms with van der Waals surface area (Å²) in [5, 5.41) is 0. The van der Waals surface area contributed by atoms with Gasteiger partial charge in [-0.25, -0.2) is 10.4 Å². The van der Waals surface area contributed by atoms with Crippen molar-refractivity contribution in [2.24, 2.45) is 5.84 Å². The van der Waals surface area contributed by atoms with Crippen LogP contribution in [-0.2, 0) is 0 Å². The third-order valence-corrected chi connectivity index (χ3v) is 3.38. The predicted octanol–water partition coefficient (Wildman–Crippen LogP) is 2.19. The summed E-state index contributed by atoms with van der Waals surface area (Å²) in [6.07, 6.45) is 1.75. The molecule has 3 N–H and O–H groups in total. The molecule has 0 radical (unpaired) electrons. The second-order valence-corrected chi connectivity index (χ2v) is 4.66. The van der Waals surface area contributed by atoms with Gasteiger partial charge in [-0.3, -0.25) is 10.8 Å². The molecule has 106 valence electrons. The Kier molecular flexibility index (Phi) is 3.77. The van der Waals surface area contributed by atoms with Crippen molar-refractivity contribution in [1.82, 2.24) is 15.4 Å². The van der Waals surface area contributed by atoms with Crippen molar-refractivity contribution >= 4 is 11.0 Å². The van der Waals surface area contributed by atoms with Gasteiger partial charge in [0.2, 0.25) is 0 Å². The molecule has 1 unspecified atom stereocenters. The number of fused-ring (bicyclic) bond motifs is 1. The number of nitrogens with one attached hydrogen (secondary N) is 1. The summed E-state index contributed by atoms with van der Waals surface area (Å²) in [5.41, 5.74) is 6.29. The SMILES string of the molecule is COc1ccc(C(NN)c2cnc3ccccc3n2)cc1. The Hall–Kier alpha value is -2.50. The average molecular weight is 280 g/mol. The van der Waals surface area contributed by atoms with Crippen LogP contribution in [0.15, 0.2) is 54.7 Å². The van der Waals surface area contributed by atoms with E-state index in [1.54, 1.807) is 13.3 Å². The fraction of sp³-hybridized carbons (Fsp3) is 0.125. The predicted molar refractivity (Wildman–Crippen MR) is 81.7 cm³/mol. The smallest absolute Gasteiger partial charge is 0.118 e. The lowest BCUT2D eigenvalue weighted by Crippen LogP contribution is -2.29. The highest BCUT2D eigenvalue weighted by atomic mass is 16.5. The molecule has 0 amide bonds. The van der Waals surface area contributed by atoms with E-state index in [2.05, 4.69) is 15.4 Å². The number of ether oxygens (including phenoxy) is 1. The second-order valence-electron chi connectivity index (χ2n) is 4.66. The first-order valence-corrected chi connectivity index (χ1v) is 6.63. The van der Waals surface area contributed by atoms with Crippen LogP contribution < -0.4 is 16.0 Å². The van der Waals surface area contributed by atoms with Crippen LogP contribution in [0, 0.1) is 0 Å². The zero-order chi connectivity index (χ0) is 14.7. The highest BCUT2D eigenvalue weighted by Gasteiger charge is 2.15. The van der Waals surface area contributed by atoms with Gasteiger partial charge in [0.15, 0.2) is 0 Å². The maximum Gasteiger partial charge on any atom is 0.118 e. The molecule has 1 atom stereocenters. The molecule has 0 bridgehead atoms. The zero-order valence-corrected chi connectivity index (χ0v) is 11.7. The van der Waals surface area contributed by atoms with Gasteiger partial charge < -0.3 is 4.74 Å². The highest BCUT2D eigenvalue weighted by Crippen LogP contribution is 2.23. The van der Waals surface area contributed by atoms with Crippen LogP contribution in [0.3, 0.4) is 0 Å². The Morgan fingerprint density at radius 3 is 2.43 bits per heavy atom. The van der Waals surface area contributed by atoms with Crippen LogP contribution in [0.5, 0.6) is 5.75 Å². The number of hydrogen-bond acceptors (Lipinski definition) is 5. The molecule has 5 nitrogen and oxygen atoms in total. The molecule has 0 saturated heterocycles. The molecular formula is C16H16N4O. The van der Waals surface area contributed by atoms with Gasteiger partial charge in [0.25, 0.3) is 0 Å². The third-order valence-electron chi connectivity index (χ3n) is 3.38. The standard InChI is InChI=1S/C16H16N4O/c1-21-12-8-6-11(7-9-12)16(20-17)15-10-18-13-4-2-3-5-14(13)19-15/h2-10,16,20H,17H2,1H3. The Bertz CT molecular complexity index is 743. The molecule has 0 aliphatic rings. The molecule has 0 saturated carbocycles. The van der Waals surface area contributed by atoms with Crippen LogP contribution in [0.2, 0.25) is 0 Å². The minimum Gasteiger partial charge on any atom is -0.497 e. The van der Waals surface area contributed by atoms with E-state index in [4.69, 9.17) is 10.6 Å². The fourth-order valence-electron chi connectivity index (χ4n) is 2.26. The van der Waals surface area contributed by atoms with Gasteiger partial charge in [-0.1, -0.05) is 24.3 Å². The maximum absolute atomic E-state index is 5.70. The van der Waals surface area contributed by atoms with E-state index in [1.165, 1.54) is 0 Å². The highest BCUT2D eigenvalue weighted by molar-refractivity contribution is 5.73. The molecule has 0 aliphatic heterocycles. The summed E-state index contributed by atoms with van der Waals surface area (Å²) < 4.78 is 5.17. The number of nitrogens with two attached hydrogens (primary N) is 1. The van der Waals surface area contributed by atoms with Crippen LogP contribution in [-0.4, -0.2) is 17.1 Å². The van der Waals surface area contributed by atoms with Gasteiger partial charge in [0.05, 0.1) is 36.1 Å². The quantitative estimate of drug-likeness (QED) is 0.566. The molecule has 3 aromatic rings. The Balaban J connectivity index is 2.00. The number of benzene rings is 2. The number of hydrazine groups is 1. The molecule has 5 heteroatoms. The first kappa shape index (κ1) is 13.5. The molecule has 0 aliphatic carbocycles. The minimum atomic E-state index is -0.215. The molecule has 0 spiro atoms. The van der Waals surface area contributed by atoms with E-state index in [-0.39, 0.29) is 6.04 Å². The summed E-state index contributed by atoms with van der Waals surface area (Å²) in [6.45, 7) is 0. The minimum absolute atomic E-state index is 0.215. The Morgan fingerprint density at radius 2 is 1.76 bits per heavy atom. The third kappa shape index (κ3) is 2.69. The molecule has 2 aromatic carbocycles. The number of rotatable bonds is 4. The first-order chi connectivity index (χ1) is 10.3. The van der Waals surface area contributed by atoms with Gasteiger partial charge in [-0.2, -0.15) is 0 Å². The van der Waals surface area contributed by atoms with Gasteiger partial charge in [0.1, 0.15) is 5.75 Å². The monoisotopic (exact) mass is 280 g/mol. The second kappa shape index (κ2) is 5.87. The fourth-order valence-corrected chi connectivity index (χ4v) is 2.26. The number of nitrogens with zero attached hydrogens (tertiary/aromatic N) is 2. The van der Waals surface area contributed by atoms with Crippen LogP contribution >= 0.6 is 0 Å². The molecule has 0 fully saturated rings. The van der Waals surface area contributed by atoms with Crippen molar-refractivity contribution in [3.63, 3.8) is 0 Å². The number of hydrogen-bond donors (Lipinski definition) is 2. The Labute approximate surface area is 122 Å². The van der Waals surface area contributed by atoms with Crippen molar-refractivity contribution in [1.29, 1.82) is 0 Å². The van der Waals surface area contributed by atoms with E-state index in [0.29, 0.717) is 0 Å². The van der Waals surface area contributed by atoms with Crippen LogP contribution in [0.4, 0.5) is 0 Å². The maximum atomic E-state index is 5.70. The zero-order valence-electron chi connectivity index (χ0n) is 11.7. The lowest BCUT2D eigenvalue weighted by atomic mass is 10.0. The van der Waals surface area contributed by atoms with Crippen LogP contribution in [0.25, 0.3) is 11.0 Å². The lowest BCUT2D eigenvalue weighted by molar-refractivity contribution is 0.414. The summed E-state index contributed by atoms with van der Waals surface area (Å²) in [4.78, 5) is 9.06. The summed E-state index contributed by atoms with van der Waals surface area (Å²) >= 11 is 0. The molecule has 3 rings (SSSR count). The van der Waals surface area contributed by atoms with Crippen molar-refractivity contribution in [2.75, 3.05) is 7.11 Å². The largest absolute Gasteiger partial charge is 0.497 e. The summed E-state index contributed by atoms with van der Waals surface area (Å²) in [7, 11) is 1.64. The van der Waals surface area contributed by atoms with E-state index < -0.39 is 0 Å². The van der Waals surface area contributed by atoms with Gasteiger partial charge in [-0.15, -0.1) is 0 Å². The number of para-hydroxylation sites is 2. The molecule has 21 heavy (non-hydrogen) atoms. The van der Waals surface area contributed by atoms with E-state index >= 15 is 0 Å². The van der Waals surface area contributed by atoms with Gasteiger partial charge in [-0.05, 0) is 29.8 Å². The molecule has 1 aromatic heterocycles. The van der Waals surface area contributed by atoms with Crippen molar-refractivity contribution in [2.45, 2.75) is 6.04 Å². The summed E-state index contributed by atoms with van der Waals surface area (Å²) in [6, 6.07) is 15.3. The van der Waals surface area contributed by atoms with E-state index in [9.17, 15) is 0 Å². The van der Waals surface area contributed by atoms with E-state index in [0.717, 1.165) is 28.0 Å². The Morgan fingerprint density at radius 1 is 1.05 bits per heavy atom. The van der Waals surface area contributed by atoms with Gasteiger partial charge >= 0.3 is 0 Å². The normalized spacial score (nSPS) is 12.3. The van der Waals surface area contributed by atoms with Crippen LogP contribution in [0.1, 0.15) is 17.3 Å². The van der Waals surface area contributed by atoms with Gasteiger partial charge in [0, 0.05) is 0 Å². The first-order valence-electron chi connectivity index (χ1n) is 6.63. The molecular weight excluding hydrogens is 264 g/mol.